The van der Waals surface area contributed by atoms with E-state index in [2.05, 4.69) is 4.98 Å². The van der Waals surface area contributed by atoms with Crippen LogP contribution >= 0.6 is 0 Å². The number of fused-ring (bicyclic) bond motifs is 1. The molecule has 0 amide bonds. The minimum Gasteiger partial charge on any atom is -0.480 e. The third kappa shape index (κ3) is 1.91. The van der Waals surface area contributed by atoms with Gasteiger partial charge in [-0.05, 0) is 18.1 Å². The largest absolute Gasteiger partial charge is 0.480 e. The van der Waals surface area contributed by atoms with Gasteiger partial charge in [-0.1, -0.05) is 25.1 Å². The SMILES string of the molecule is Cc1cccc2c([C@H](C)[C@H](N)C(=O)O)c[nH]c12. The van der Waals surface area contributed by atoms with E-state index in [9.17, 15) is 4.79 Å². The van der Waals surface area contributed by atoms with Gasteiger partial charge in [-0.25, -0.2) is 0 Å². The Bertz CT molecular complexity index is 560. The quantitative estimate of drug-likeness (QED) is 0.757. The molecule has 0 radical (unpaired) electrons. The summed E-state index contributed by atoms with van der Waals surface area (Å²) in [6, 6.07) is 5.09. The number of aryl methyl sites for hydroxylation is 1. The maximum Gasteiger partial charge on any atom is 0.321 e. The second-order valence-corrected chi connectivity index (χ2v) is 4.39. The van der Waals surface area contributed by atoms with Crippen molar-refractivity contribution in [3.05, 3.63) is 35.5 Å². The maximum atomic E-state index is 10.9. The van der Waals surface area contributed by atoms with Crippen molar-refractivity contribution in [2.24, 2.45) is 5.73 Å². The molecule has 0 saturated carbocycles. The zero-order chi connectivity index (χ0) is 12.6. The second-order valence-electron chi connectivity index (χ2n) is 4.39. The molecule has 90 valence electrons. The second kappa shape index (κ2) is 4.22. The van der Waals surface area contributed by atoms with E-state index in [0.717, 1.165) is 22.0 Å². The molecule has 1 aromatic carbocycles. The number of nitrogens with one attached hydrogen (secondary N) is 1. The molecule has 0 saturated heterocycles. The Morgan fingerprint density at radius 3 is 2.82 bits per heavy atom. The first-order chi connectivity index (χ1) is 8.02. The van der Waals surface area contributed by atoms with Crippen LogP contribution in [0.2, 0.25) is 0 Å². The smallest absolute Gasteiger partial charge is 0.321 e. The number of para-hydroxylation sites is 1. The zero-order valence-electron chi connectivity index (χ0n) is 9.90. The fourth-order valence-corrected chi connectivity index (χ4v) is 2.11. The molecule has 2 aromatic rings. The molecular weight excluding hydrogens is 216 g/mol. The summed E-state index contributed by atoms with van der Waals surface area (Å²) in [4.78, 5) is 14.1. The van der Waals surface area contributed by atoms with Crippen LogP contribution in [0.5, 0.6) is 0 Å². The predicted molar refractivity (Wildman–Crippen MR) is 67.1 cm³/mol. The number of hydrogen-bond donors (Lipinski definition) is 3. The van der Waals surface area contributed by atoms with Crippen molar-refractivity contribution in [3.63, 3.8) is 0 Å². The zero-order valence-corrected chi connectivity index (χ0v) is 9.90. The van der Waals surface area contributed by atoms with Crippen LogP contribution in [0.4, 0.5) is 0 Å². The molecule has 4 heteroatoms. The molecule has 1 heterocycles. The summed E-state index contributed by atoms with van der Waals surface area (Å²) in [5, 5.41) is 9.99. The van der Waals surface area contributed by atoms with E-state index in [1.165, 1.54) is 0 Å². The summed E-state index contributed by atoms with van der Waals surface area (Å²) in [7, 11) is 0. The van der Waals surface area contributed by atoms with Crippen molar-refractivity contribution in [1.82, 2.24) is 4.98 Å². The van der Waals surface area contributed by atoms with Gasteiger partial charge in [0.2, 0.25) is 0 Å². The molecule has 4 N–H and O–H groups in total. The van der Waals surface area contributed by atoms with Crippen LogP contribution in [0.3, 0.4) is 0 Å². The van der Waals surface area contributed by atoms with Gasteiger partial charge in [-0.2, -0.15) is 0 Å². The molecule has 0 fully saturated rings. The monoisotopic (exact) mass is 232 g/mol. The Morgan fingerprint density at radius 2 is 2.18 bits per heavy atom. The van der Waals surface area contributed by atoms with Gasteiger partial charge >= 0.3 is 5.97 Å². The number of aliphatic carboxylic acids is 1. The lowest BCUT2D eigenvalue weighted by Gasteiger charge is -2.15. The van der Waals surface area contributed by atoms with Gasteiger partial charge in [0, 0.05) is 23.0 Å². The lowest BCUT2D eigenvalue weighted by Crippen LogP contribution is -2.35. The number of nitrogens with two attached hydrogens (primary N) is 1. The number of hydrogen-bond acceptors (Lipinski definition) is 2. The number of benzene rings is 1. The molecule has 0 unspecified atom stereocenters. The summed E-state index contributed by atoms with van der Waals surface area (Å²) < 4.78 is 0. The Balaban J connectivity index is 2.50. The van der Waals surface area contributed by atoms with Crippen molar-refractivity contribution < 1.29 is 9.90 Å². The van der Waals surface area contributed by atoms with Crippen LogP contribution in [0, 0.1) is 6.92 Å². The van der Waals surface area contributed by atoms with Crippen molar-refractivity contribution in [1.29, 1.82) is 0 Å². The van der Waals surface area contributed by atoms with Gasteiger partial charge < -0.3 is 15.8 Å². The molecular formula is C13H16N2O2. The van der Waals surface area contributed by atoms with Crippen LogP contribution in [0.25, 0.3) is 10.9 Å². The Hall–Kier alpha value is -1.81. The number of aromatic amines is 1. The molecule has 1 aromatic heterocycles. The molecule has 2 rings (SSSR count). The lowest BCUT2D eigenvalue weighted by molar-refractivity contribution is -0.138. The highest BCUT2D eigenvalue weighted by Crippen LogP contribution is 2.28. The molecule has 0 aliphatic carbocycles. The van der Waals surface area contributed by atoms with E-state index in [-0.39, 0.29) is 5.92 Å². The van der Waals surface area contributed by atoms with E-state index in [0.29, 0.717) is 0 Å². The van der Waals surface area contributed by atoms with E-state index < -0.39 is 12.0 Å². The minimum absolute atomic E-state index is 0.219. The minimum atomic E-state index is -0.973. The van der Waals surface area contributed by atoms with Gasteiger partial charge in [0.05, 0.1) is 0 Å². The molecule has 0 spiro atoms. The molecule has 2 atom stereocenters. The first-order valence-corrected chi connectivity index (χ1v) is 5.57. The Kier molecular flexibility index (Phi) is 2.90. The highest BCUT2D eigenvalue weighted by molar-refractivity contribution is 5.87. The van der Waals surface area contributed by atoms with Crippen molar-refractivity contribution >= 4 is 16.9 Å². The number of carboxylic acid groups (broad SMARTS) is 1. The van der Waals surface area contributed by atoms with Crippen LogP contribution in [-0.2, 0) is 4.79 Å². The highest BCUT2D eigenvalue weighted by Gasteiger charge is 2.23. The van der Waals surface area contributed by atoms with E-state index in [4.69, 9.17) is 10.8 Å². The number of aromatic nitrogens is 1. The van der Waals surface area contributed by atoms with Crippen molar-refractivity contribution in [2.45, 2.75) is 25.8 Å². The number of carbonyl (C=O) groups is 1. The third-order valence-electron chi connectivity index (χ3n) is 3.27. The van der Waals surface area contributed by atoms with Crippen LogP contribution in [0.1, 0.15) is 24.0 Å². The summed E-state index contributed by atoms with van der Waals surface area (Å²) in [6.07, 6.45) is 1.85. The van der Waals surface area contributed by atoms with E-state index in [1.807, 2.05) is 38.2 Å². The standard InChI is InChI=1S/C13H16N2O2/c1-7-4-3-5-9-10(6-15-12(7)9)8(2)11(14)13(16)17/h3-6,8,11,15H,14H2,1-2H3,(H,16,17)/t8-,11-/m0/s1. The van der Waals surface area contributed by atoms with Gasteiger partial charge in [-0.15, -0.1) is 0 Å². The number of H-pyrrole nitrogens is 1. The lowest BCUT2D eigenvalue weighted by atomic mass is 9.93. The molecule has 0 aliphatic heterocycles. The fourth-order valence-electron chi connectivity index (χ4n) is 2.11. The fraction of sp³-hybridized carbons (Fsp3) is 0.308. The molecule has 0 bridgehead atoms. The van der Waals surface area contributed by atoms with Crippen molar-refractivity contribution in [2.75, 3.05) is 0 Å². The van der Waals surface area contributed by atoms with Gasteiger partial charge in [0.25, 0.3) is 0 Å². The highest BCUT2D eigenvalue weighted by atomic mass is 16.4. The van der Waals surface area contributed by atoms with Crippen LogP contribution < -0.4 is 5.73 Å². The molecule has 0 aliphatic rings. The number of rotatable bonds is 3. The van der Waals surface area contributed by atoms with Crippen LogP contribution in [0.15, 0.2) is 24.4 Å². The average molecular weight is 232 g/mol. The van der Waals surface area contributed by atoms with Crippen LogP contribution in [-0.4, -0.2) is 22.1 Å². The van der Waals surface area contributed by atoms with Gasteiger partial charge in [-0.3, -0.25) is 4.79 Å². The summed E-state index contributed by atoms with van der Waals surface area (Å²) in [6.45, 7) is 3.86. The van der Waals surface area contributed by atoms with E-state index >= 15 is 0 Å². The third-order valence-corrected chi connectivity index (χ3v) is 3.27. The Morgan fingerprint density at radius 1 is 1.47 bits per heavy atom. The van der Waals surface area contributed by atoms with Gasteiger partial charge in [0.15, 0.2) is 0 Å². The maximum absolute atomic E-state index is 10.9. The van der Waals surface area contributed by atoms with Gasteiger partial charge in [0.1, 0.15) is 6.04 Å². The molecule has 17 heavy (non-hydrogen) atoms. The van der Waals surface area contributed by atoms with Crippen molar-refractivity contribution in [3.8, 4) is 0 Å². The first-order valence-electron chi connectivity index (χ1n) is 5.57. The number of carboxylic acids is 1. The first kappa shape index (κ1) is 11.7. The summed E-state index contributed by atoms with van der Waals surface area (Å²) in [5.74, 6) is -1.19. The predicted octanol–water partition coefficient (Wildman–Crippen LogP) is 1.99. The summed E-state index contributed by atoms with van der Waals surface area (Å²) >= 11 is 0. The topological polar surface area (TPSA) is 79.1 Å². The summed E-state index contributed by atoms with van der Waals surface area (Å²) in [5.41, 5.74) is 8.82. The molecule has 4 nitrogen and oxygen atoms in total. The average Bonchev–Trinajstić information content (AvgIpc) is 2.72. The van der Waals surface area contributed by atoms with E-state index in [1.54, 1.807) is 0 Å². The Labute approximate surface area is 99.4 Å². The normalized spacial score (nSPS) is 14.8.